The van der Waals surface area contributed by atoms with E-state index in [-0.39, 0.29) is 5.92 Å². The summed E-state index contributed by atoms with van der Waals surface area (Å²) in [6.45, 7) is 3.66. The average molecular weight is 207 g/mol. The molecule has 0 aliphatic rings. The molecule has 0 amide bonds. The Bertz CT molecular complexity index is 101. The average Bonchev–Trinajstić information content (AvgIpc) is 1.88. The Morgan fingerprint density at radius 2 is 2.10 bits per heavy atom. The Kier molecular flexibility index (Phi) is 5.99. The van der Waals surface area contributed by atoms with E-state index in [2.05, 4.69) is 15.9 Å². The Morgan fingerprint density at radius 1 is 1.50 bits per heavy atom. The number of hydrogen-bond acceptors (Lipinski definition) is 1. The van der Waals surface area contributed by atoms with E-state index < -0.39 is 0 Å². The molecule has 0 aromatic carbocycles. The van der Waals surface area contributed by atoms with Crippen LogP contribution < -0.4 is 0 Å². The van der Waals surface area contributed by atoms with E-state index in [1.54, 1.807) is 6.92 Å². The van der Waals surface area contributed by atoms with Crippen molar-refractivity contribution in [2.45, 2.75) is 33.1 Å². The Morgan fingerprint density at radius 3 is 2.50 bits per heavy atom. The van der Waals surface area contributed by atoms with Crippen LogP contribution in [0.4, 0.5) is 0 Å². The molecule has 0 saturated carbocycles. The lowest BCUT2D eigenvalue weighted by molar-refractivity contribution is -0.120. The number of alkyl halides is 1. The summed E-state index contributed by atoms with van der Waals surface area (Å²) in [4.78, 5) is 10.7. The summed E-state index contributed by atoms with van der Waals surface area (Å²) in [5, 5.41) is 1.05. The molecule has 0 N–H and O–H groups in total. The van der Waals surface area contributed by atoms with E-state index in [0.717, 1.165) is 18.2 Å². The summed E-state index contributed by atoms with van der Waals surface area (Å²) in [5.74, 6) is 0.577. The first-order valence-corrected chi connectivity index (χ1v) is 4.87. The number of carbonyl (C=O) groups is 1. The van der Waals surface area contributed by atoms with Gasteiger partial charge in [0.05, 0.1) is 0 Å². The van der Waals surface area contributed by atoms with E-state index in [1.165, 1.54) is 6.42 Å². The number of unbranched alkanes of at least 4 members (excludes halogenated alkanes) is 1. The van der Waals surface area contributed by atoms with Crippen LogP contribution in [0.2, 0.25) is 0 Å². The van der Waals surface area contributed by atoms with Gasteiger partial charge in [0.1, 0.15) is 5.78 Å². The maximum absolute atomic E-state index is 10.7. The van der Waals surface area contributed by atoms with Crippen molar-refractivity contribution in [1.29, 1.82) is 0 Å². The van der Waals surface area contributed by atoms with E-state index in [0.29, 0.717) is 5.78 Å². The van der Waals surface area contributed by atoms with Crippen molar-refractivity contribution in [3.8, 4) is 0 Å². The number of hydrogen-bond donors (Lipinski definition) is 0. The predicted octanol–water partition coefficient (Wildman–Crippen LogP) is 2.78. The lowest BCUT2D eigenvalue weighted by Gasteiger charge is -2.04. The van der Waals surface area contributed by atoms with Crippen LogP contribution >= 0.6 is 15.9 Å². The fourth-order valence-electron chi connectivity index (χ4n) is 0.748. The molecule has 0 bridgehead atoms. The smallest absolute Gasteiger partial charge is 0.132 e. The first-order valence-electron chi connectivity index (χ1n) is 3.75. The van der Waals surface area contributed by atoms with Crippen molar-refractivity contribution in [2.75, 3.05) is 5.33 Å². The largest absolute Gasteiger partial charge is 0.300 e. The van der Waals surface area contributed by atoms with Gasteiger partial charge in [0.15, 0.2) is 0 Å². The summed E-state index contributed by atoms with van der Waals surface area (Å²) in [6, 6.07) is 0. The van der Waals surface area contributed by atoms with Crippen molar-refractivity contribution >= 4 is 21.7 Å². The van der Waals surface area contributed by atoms with Crippen LogP contribution in [-0.2, 0) is 4.79 Å². The molecule has 2 heteroatoms. The van der Waals surface area contributed by atoms with Crippen LogP contribution in [0.1, 0.15) is 33.1 Å². The number of Topliss-reactive ketones (excluding diaryl/α,β-unsaturated/α-hetero) is 1. The maximum Gasteiger partial charge on any atom is 0.132 e. The summed E-state index contributed by atoms with van der Waals surface area (Å²) in [7, 11) is 0. The van der Waals surface area contributed by atoms with Crippen molar-refractivity contribution in [1.82, 2.24) is 0 Å². The van der Waals surface area contributed by atoms with E-state index in [1.807, 2.05) is 6.92 Å². The highest BCUT2D eigenvalue weighted by Crippen LogP contribution is 2.09. The normalized spacial score (nSPS) is 13.1. The topological polar surface area (TPSA) is 17.1 Å². The number of halogens is 1. The van der Waals surface area contributed by atoms with Crippen LogP contribution in [0.5, 0.6) is 0 Å². The summed E-state index contributed by atoms with van der Waals surface area (Å²) in [6.07, 6.45) is 3.38. The van der Waals surface area contributed by atoms with E-state index in [4.69, 9.17) is 0 Å². The van der Waals surface area contributed by atoms with Gasteiger partial charge in [0.25, 0.3) is 0 Å². The summed E-state index contributed by atoms with van der Waals surface area (Å²) >= 11 is 3.35. The molecule has 0 spiro atoms. The van der Waals surface area contributed by atoms with Crippen molar-refractivity contribution in [2.24, 2.45) is 5.92 Å². The zero-order valence-corrected chi connectivity index (χ0v) is 8.28. The molecule has 0 aliphatic heterocycles. The lowest BCUT2D eigenvalue weighted by atomic mass is 10.0. The highest BCUT2D eigenvalue weighted by Gasteiger charge is 2.05. The Hall–Kier alpha value is 0.150. The van der Waals surface area contributed by atoms with Crippen molar-refractivity contribution in [3.63, 3.8) is 0 Å². The second-order valence-electron chi connectivity index (χ2n) is 2.70. The second kappa shape index (κ2) is 5.90. The first-order chi connectivity index (χ1) is 4.68. The van der Waals surface area contributed by atoms with Gasteiger partial charge in [-0.2, -0.15) is 0 Å². The highest BCUT2D eigenvalue weighted by atomic mass is 79.9. The SMILES string of the molecule is CC(=O)C(C)CCCCBr. The van der Waals surface area contributed by atoms with Crippen LogP contribution in [0.3, 0.4) is 0 Å². The van der Waals surface area contributed by atoms with Gasteiger partial charge in [-0.05, 0) is 19.8 Å². The van der Waals surface area contributed by atoms with Gasteiger partial charge in [0.2, 0.25) is 0 Å². The number of carbonyl (C=O) groups excluding carboxylic acids is 1. The van der Waals surface area contributed by atoms with Gasteiger partial charge >= 0.3 is 0 Å². The van der Waals surface area contributed by atoms with E-state index in [9.17, 15) is 4.79 Å². The zero-order chi connectivity index (χ0) is 7.98. The number of rotatable bonds is 5. The summed E-state index contributed by atoms with van der Waals surface area (Å²) in [5.41, 5.74) is 0. The fraction of sp³-hybridized carbons (Fsp3) is 0.875. The quantitative estimate of drug-likeness (QED) is 0.500. The van der Waals surface area contributed by atoms with Gasteiger partial charge < -0.3 is 0 Å². The standard InChI is InChI=1S/C8H15BrO/c1-7(8(2)10)5-3-4-6-9/h7H,3-6H2,1-2H3. The summed E-state index contributed by atoms with van der Waals surface area (Å²) < 4.78 is 0. The molecule has 1 atom stereocenters. The van der Waals surface area contributed by atoms with Gasteiger partial charge in [-0.25, -0.2) is 0 Å². The molecule has 1 nitrogen and oxygen atoms in total. The molecule has 0 aromatic rings. The maximum atomic E-state index is 10.7. The van der Waals surface area contributed by atoms with Gasteiger partial charge in [-0.1, -0.05) is 29.3 Å². The van der Waals surface area contributed by atoms with Crippen LogP contribution in [0.15, 0.2) is 0 Å². The van der Waals surface area contributed by atoms with E-state index >= 15 is 0 Å². The number of ketones is 1. The molecular formula is C8H15BrO. The minimum Gasteiger partial charge on any atom is -0.300 e. The Labute approximate surface area is 71.3 Å². The minimum absolute atomic E-state index is 0.263. The minimum atomic E-state index is 0.263. The zero-order valence-electron chi connectivity index (χ0n) is 6.69. The van der Waals surface area contributed by atoms with Crippen molar-refractivity contribution < 1.29 is 4.79 Å². The molecule has 1 unspecified atom stereocenters. The molecule has 0 aromatic heterocycles. The highest BCUT2D eigenvalue weighted by molar-refractivity contribution is 9.09. The molecule has 0 radical (unpaired) electrons. The molecule has 0 fully saturated rings. The fourth-order valence-corrected chi connectivity index (χ4v) is 1.14. The predicted molar refractivity (Wildman–Crippen MR) is 47.5 cm³/mol. The second-order valence-corrected chi connectivity index (χ2v) is 3.49. The molecule has 0 aliphatic carbocycles. The Balaban J connectivity index is 3.21. The molecular weight excluding hydrogens is 192 g/mol. The third kappa shape index (κ3) is 4.98. The van der Waals surface area contributed by atoms with Gasteiger partial charge in [-0.3, -0.25) is 4.79 Å². The van der Waals surface area contributed by atoms with Crippen LogP contribution in [0.25, 0.3) is 0 Å². The monoisotopic (exact) mass is 206 g/mol. The third-order valence-electron chi connectivity index (χ3n) is 1.71. The van der Waals surface area contributed by atoms with Crippen LogP contribution in [-0.4, -0.2) is 11.1 Å². The van der Waals surface area contributed by atoms with Crippen molar-refractivity contribution in [3.05, 3.63) is 0 Å². The molecule has 60 valence electrons. The first kappa shape index (κ1) is 10.2. The van der Waals surface area contributed by atoms with Gasteiger partial charge in [0, 0.05) is 11.2 Å². The molecule has 10 heavy (non-hydrogen) atoms. The lowest BCUT2D eigenvalue weighted by Crippen LogP contribution is -2.05. The molecule has 0 heterocycles. The third-order valence-corrected chi connectivity index (χ3v) is 2.28. The molecule has 0 rings (SSSR count). The van der Waals surface area contributed by atoms with Crippen LogP contribution in [0, 0.1) is 5.92 Å². The molecule has 0 saturated heterocycles. The van der Waals surface area contributed by atoms with Gasteiger partial charge in [-0.15, -0.1) is 0 Å².